The summed E-state index contributed by atoms with van der Waals surface area (Å²) in [5.74, 6) is -0.0452. The van der Waals surface area contributed by atoms with Gasteiger partial charge in [0.2, 0.25) is 5.91 Å². The maximum Gasteiger partial charge on any atom is 0.227 e. The Hall–Kier alpha value is -1.81. The second-order valence-corrected chi connectivity index (χ2v) is 5.87. The van der Waals surface area contributed by atoms with Crippen LogP contribution in [0.5, 0.6) is 0 Å². The highest BCUT2D eigenvalue weighted by molar-refractivity contribution is 5.92. The lowest BCUT2D eigenvalue weighted by atomic mass is 9.87. The van der Waals surface area contributed by atoms with Crippen LogP contribution in [0.3, 0.4) is 0 Å². The molecule has 4 heteroatoms. The van der Waals surface area contributed by atoms with Gasteiger partial charge >= 0.3 is 0 Å². The molecule has 3 N–H and O–H groups in total. The summed E-state index contributed by atoms with van der Waals surface area (Å²) >= 11 is 0. The number of aryl methyl sites for hydroxylation is 1. The summed E-state index contributed by atoms with van der Waals surface area (Å²) in [4.78, 5) is 12.3. The Morgan fingerprint density at radius 3 is 2.80 bits per heavy atom. The zero-order chi connectivity index (χ0) is 14.3. The third kappa shape index (κ3) is 2.20. The van der Waals surface area contributed by atoms with Crippen molar-refractivity contribution in [3.63, 3.8) is 0 Å². The van der Waals surface area contributed by atoms with E-state index in [-0.39, 0.29) is 23.9 Å². The minimum atomic E-state index is -0.141. The van der Waals surface area contributed by atoms with Gasteiger partial charge in [0.15, 0.2) is 0 Å². The van der Waals surface area contributed by atoms with Crippen LogP contribution in [0.15, 0.2) is 30.5 Å². The Bertz CT molecular complexity index is 640. The number of para-hydroxylation sites is 1. The molecule has 0 spiro atoms. The molecule has 20 heavy (non-hydrogen) atoms. The number of hydrogen-bond donors (Lipinski definition) is 2. The van der Waals surface area contributed by atoms with Crippen LogP contribution in [0.25, 0.3) is 10.9 Å². The van der Waals surface area contributed by atoms with E-state index in [2.05, 4.69) is 28.2 Å². The number of carbonyl (C=O) groups is 1. The van der Waals surface area contributed by atoms with Gasteiger partial charge in [-0.2, -0.15) is 0 Å². The predicted molar refractivity (Wildman–Crippen MR) is 80.5 cm³/mol. The minimum absolute atomic E-state index is 0.0956. The molecule has 0 aliphatic heterocycles. The number of carbonyl (C=O) groups excluding carboxylic acids is 1. The highest BCUT2D eigenvalue weighted by atomic mass is 16.1. The van der Waals surface area contributed by atoms with E-state index in [1.807, 2.05) is 26.1 Å². The Balaban J connectivity index is 1.81. The van der Waals surface area contributed by atoms with E-state index in [4.69, 9.17) is 5.73 Å². The van der Waals surface area contributed by atoms with E-state index in [1.54, 1.807) is 0 Å². The lowest BCUT2D eigenvalue weighted by molar-refractivity contribution is -0.123. The van der Waals surface area contributed by atoms with Crippen LogP contribution >= 0.6 is 0 Å². The third-order valence-electron chi connectivity index (χ3n) is 4.31. The van der Waals surface area contributed by atoms with Crippen LogP contribution in [0.1, 0.15) is 31.2 Å². The molecule has 1 fully saturated rings. The summed E-state index contributed by atoms with van der Waals surface area (Å²) in [6.07, 6.45) is 3.85. The molecule has 1 aromatic heterocycles. The van der Waals surface area contributed by atoms with Crippen LogP contribution in [-0.2, 0) is 11.8 Å². The van der Waals surface area contributed by atoms with Crippen LogP contribution in [0.2, 0.25) is 0 Å². The highest BCUT2D eigenvalue weighted by Crippen LogP contribution is 2.28. The first-order valence-corrected chi connectivity index (χ1v) is 7.16. The lowest BCUT2D eigenvalue weighted by Gasteiger charge is -2.33. The van der Waals surface area contributed by atoms with Gasteiger partial charge in [0, 0.05) is 36.2 Å². The molecule has 0 radical (unpaired) electrons. The summed E-state index contributed by atoms with van der Waals surface area (Å²) < 4.78 is 2.08. The van der Waals surface area contributed by atoms with E-state index in [0.717, 1.165) is 29.3 Å². The number of rotatable bonds is 3. The SMILES string of the molecule is CC(C(=O)NC1CC(N)C1)c1cn(C)c2ccccc12. The monoisotopic (exact) mass is 271 g/mol. The largest absolute Gasteiger partial charge is 0.353 e. The van der Waals surface area contributed by atoms with E-state index in [1.165, 1.54) is 0 Å². The molecule has 1 saturated carbocycles. The standard InChI is InChI=1S/C16H21N3O/c1-10(16(20)18-12-7-11(17)8-12)14-9-19(2)15-6-4-3-5-13(14)15/h3-6,9-12H,7-8,17H2,1-2H3,(H,18,20). The molecule has 1 aliphatic carbocycles. The summed E-state index contributed by atoms with van der Waals surface area (Å²) in [5, 5.41) is 4.25. The molecule has 1 unspecified atom stereocenters. The zero-order valence-corrected chi connectivity index (χ0v) is 12.0. The first kappa shape index (κ1) is 13.2. The predicted octanol–water partition coefficient (Wildman–Crippen LogP) is 1.89. The van der Waals surface area contributed by atoms with Crippen molar-refractivity contribution in [1.82, 2.24) is 9.88 Å². The molecule has 2 aromatic rings. The van der Waals surface area contributed by atoms with Crippen LogP contribution < -0.4 is 11.1 Å². The van der Waals surface area contributed by atoms with E-state index >= 15 is 0 Å². The van der Waals surface area contributed by atoms with Crippen molar-refractivity contribution in [2.75, 3.05) is 0 Å². The Kier molecular flexibility index (Phi) is 3.26. The quantitative estimate of drug-likeness (QED) is 0.895. The number of nitrogens with two attached hydrogens (primary N) is 1. The molecule has 1 heterocycles. The highest BCUT2D eigenvalue weighted by Gasteiger charge is 2.29. The molecule has 106 valence electrons. The van der Waals surface area contributed by atoms with Gasteiger partial charge in [-0.1, -0.05) is 18.2 Å². The van der Waals surface area contributed by atoms with Gasteiger partial charge in [-0.3, -0.25) is 4.79 Å². The van der Waals surface area contributed by atoms with Crippen LogP contribution in [0, 0.1) is 0 Å². The van der Waals surface area contributed by atoms with Gasteiger partial charge in [-0.25, -0.2) is 0 Å². The summed E-state index contributed by atoms with van der Waals surface area (Å²) in [6, 6.07) is 8.71. The topological polar surface area (TPSA) is 60.1 Å². The average Bonchev–Trinajstić information content (AvgIpc) is 2.74. The van der Waals surface area contributed by atoms with Gasteiger partial charge in [0.05, 0.1) is 5.92 Å². The van der Waals surface area contributed by atoms with Gasteiger partial charge in [0.25, 0.3) is 0 Å². The van der Waals surface area contributed by atoms with E-state index in [0.29, 0.717) is 0 Å². The molecule has 1 atom stereocenters. The normalized spacial score (nSPS) is 23.4. The number of nitrogens with one attached hydrogen (secondary N) is 1. The molecule has 0 saturated heterocycles. The smallest absolute Gasteiger partial charge is 0.227 e. The van der Waals surface area contributed by atoms with Crippen LogP contribution in [-0.4, -0.2) is 22.6 Å². The molecular formula is C16H21N3O. The van der Waals surface area contributed by atoms with Crippen molar-refractivity contribution in [1.29, 1.82) is 0 Å². The zero-order valence-electron chi connectivity index (χ0n) is 12.0. The number of nitrogens with zero attached hydrogens (tertiary/aromatic N) is 1. The Morgan fingerprint density at radius 2 is 2.10 bits per heavy atom. The van der Waals surface area contributed by atoms with Crippen molar-refractivity contribution in [3.8, 4) is 0 Å². The number of fused-ring (bicyclic) bond motifs is 1. The first-order chi connectivity index (χ1) is 9.56. The van der Waals surface area contributed by atoms with E-state index in [9.17, 15) is 4.79 Å². The van der Waals surface area contributed by atoms with Gasteiger partial charge in [0.1, 0.15) is 0 Å². The Morgan fingerprint density at radius 1 is 1.40 bits per heavy atom. The number of amides is 1. The second-order valence-electron chi connectivity index (χ2n) is 5.87. The molecule has 3 rings (SSSR count). The van der Waals surface area contributed by atoms with Crippen molar-refractivity contribution >= 4 is 16.8 Å². The Labute approximate surface area is 118 Å². The molecule has 1 aromatic carbocycles. The van der Waals surface area contributed by atoms with E-state index < -0.39 is 0 Å². The van der Waals surface area contributed by atoms with Crippen molar-refractivity contribution in [2.45, 2.75) is 37.8 Å². The molecule has 4 nitrogen and oxygen atoms in total. The summed E-state index contributed by atoms with van der Waals surface area (Å²) in [6.45, 7) is 1.97. The molecule has 0 bridgehead atoms. The average molecular weight is 271 g/mol. The van der Waals surface area contributed by atoms with Crippen LogP contribution in [0.4, 0.5) is 0 Å². The third-order valence-corrected chi connectivity index (χ3v) is 4.31. The van der Waals surface area contributed by atoms with Gasteiger partial charge in [-0.05, 0) is 31.4 Å². The summed E-state index contributed by atoms with van der Waals surface area (Å²) in [7, 11) is 2.02. The number of aromatic nitrogens is 1. The fourth-order valence-electron chi connectivity index (χ4n) is 2.97. The van der Waals surface area contributed by atoms with Crippen molar-refractivity contribution in [2.24, 2.45) is 12.8 Å². The maximum atomic E-state index is 12.3. The molecule has 1 aliphatic rings. The van der Waals surface area contributed by atoms with Gasteiger partial charge in [-0.15, -0.1) is 0 Å². The number of benzene rings is 1. The summed E-state index contributed by atoms with van der Waals surface area (Å²) in [5.41, 5.74) is 8.00. The van der Waals surface area contributed by atoms with Gasteiger partial charge < -0.3 is 15.6 Å². The van der Waals surface area contributed by atoms with Crippen molar-refractivity contribution < 1.29 is 4.79 Å². The second kappa shape index (κ2) is 4.94. The maximum absolute atomic E-state index is 12.3. The number of hydrogen-bond acceptors (Lipinski definition) is 2. The minimum Gasteiger partial charge on any atom is -0.353 e. The van der Waals surface area contributed by atoms with Crippen molar-refractivity contribution in [3.05, 3.63) is 36.0 Å². The lowest BCUT2D eigenvalue weighted by Crippen LogP contribution is -2.51. The fraction of sp³-hybridized carbons (Fsp3) is 0.438. The molecule has 1 amide bonds. The first-order valence-electron chi connectivity index (χ1n) is 7.16. The molecular weight excluding hydrogens is 250 g/mol. The fourth-order valence-corrected chi connectivity index (χ4v) is 2.97.